The maximum Gasteiger partial charge on any atom is 0.341 e. The summed E-state index contributed by atoms with van der Waals surface area (Å²) in [6.45, 7) is 4.50. The van der Waals surface area contributed by atoms with Crippen molar-refractivity contribution in [2.24, 2.45) is 0 Å². The molecule has 0 aliphatic carbocycles. The van der Waals surface area contributed by atoms with Gasteiger partial charge in [0.05, 0.1) is 18.8 Å². The molecule has 2 aromatic rings. The Labute approximate surface area is 132 Å². The Kier molecular flexibility index (Phi) is 5.55. The minimum absolute atomic E-state index is 0.281. The van der Waals surface area contributed by atoms with Crippen molar-refractivity contribution >= 4 is 28.2 Å². The molecule has 0 aliphatic heterocycles. The Hall–Kier alpha value is -2.34. The second-order valence-corrected chi connectivity index (χ2v) is 5.21. The van der Waals surface area contributed by atoms with Gasteiger partial charge < -0.3 is 14.8 Å². The minimum atomic E-state index is -0.439. The molecular weight excluding hydrogens is 302 g/mol. The molecule has 0 spiro atoms. The zero-order valence-electron chi connectivity index (χ0n) is 12.4. The zero-order chi connectivity index (χ0) is 15.9. The molecule has 116 valence electrons. The highest BCUT2D eigenvalue weighted by molar-refractivity contribution is 7.14. The number of carbonyl (C=O) groups is 2. The molecule has 2 rings (SSSR count). The highest BCUT2D eigenvalue weighted by atomic mass is 32.1. The van der Waals surface area contributed by atoms with Gasteiger partial charge in [0.1, 0.15) is 10.8 Å². The van der Waals surface area contributed by atoms with E-state index in [1.165, 1.54) is 11.3 Å². The molecule has 6 heteroatoms. The topological polar surface area (TPSA) is 64.6 Å². The van der Waals surface area contributed by atoms with E-state index >= 15 is 0 Å². The number of hydrogen-bond acceptors (Lipinski definition) is 5. The molecular formula is C16H17NO4S. The Morgan fingerprint density at radius 1 is 1.09 bits per heavy atom. The first kappa shape index (κ1) is 16.0. The summed E-state index contributed by atoms with van der Waals surface area (Å²) in [5, 5.41) is 4.96. The molecule has 0 atom stereocenters. The summed E-state index contributed by atoms with van der Waals surface area (Å²) in [5.74, 6) is -0.0100. The van der Waals surface area contributed by atoms with Gasteiger partial charge >= 0.3 is 5.97 Å². The average Bonchev–Trinajstić information content (AvgIpc) is 2.97. The van der Waals surface area contributed by atoms with Gasteiger partial charge in [-0.2, -0.15) is 0 Å². The van der Waals surface area contributed by atoms with Crippen LogP contribution in [0.5, 0.6) is 5.75 Å². The quantitative estimate of drug-likeness (QED) is 0.827. The van der Waals surface area contributed by atoms with E-state index in [0.717, 1.165) is 0 Å². The molecule has 0 bridgehead atoms. The molecule has 1 amide bonds. The Balaban J connectivity index is 2.09. The van der Waals surface area contributed by atoms with Crippen LogP contribution in [0.4, 0.5) is 5.00 Å². The van der Waals surface area contributed by atoms with Gasteiger partial charge in [-0.15, -0.1) is 11.3 Å². The second kappa shape index (κ2) is 7.61. The normalized spacial score (nSPS) is 10.1. The van der Waals surface area contributed by atoms with Gasteiger partial charge in [0, 0.05) is 5.56 Å². The third-order valence-corrected chi connectivity index (χ3v) is 3.64. The zero-order valence-corrected chi connectivity index (χ0v) is 13.2. The van der Waals surface area contributed by atoms with Crippen molar-refractivity contribution in [2.75, 3.05) is 18.5 Å². The molecule has 22 heavy (non-hydrogen) atoms. The molecule has 0 fully saturated rings. The summed E-state index contributed by atoms with van der Waals surface area (Å²) in [4.78, 5) is 24.0. The number of anilines is 1. The van der Waals surface area contributed by atoms with Crippen molar-refractivity contribution < 1.29 is 19.1 Å². The summed E-state index contributed by atoms with van der Waals surface area (Å²) in [5.41, 5.74) is 0.859. The largest absolute Gasteiger partial charge is 0.494 e. The van der Waals surface area contributed by atoms with Crippen LogP contribution >= 0.6 is 11.3 Å². The van der Waals surface area contributed by atoms with Gasteiger partial charge in [-0.1, -0.05) is 0 Å². The summed E-state index contributed by atoms with van der Waals surface area (Å²) < 4.78 is 10.3. The number of esters is 1. The molecule has 1 aromatic carbocycles. The summed E-state index contributed by atoms with van der Waals surface area (Å²) in [6, 6.07) is 8.46. The van der Waals surface area contributed by atoms with Crippen LogP contribution in [0.15, 0.2) is 35.7 Å². The third kappa shape index (κ3) is 3.85. The predicted molar refractivity (Wildman–Crippen MR) is 85.8 cm³/mol. The van der Waals surface area contributed by atoms with E-state index in [1.807, 2.05) is 6.92 Å². The number of nitrogens with one attached hydrogen (secondary N) is 1. The fourth-order valence-corrected chi connectivity index (χ4v) is 2.59. The fraction of sp³-hybridized carbons (Fsp3) is 0.250. The van der Waals surface area contributed by atoms with E-state index in [9.17, 15) is 9.59 Å². The smallest absolute Gasteiger partial charge is 0.341 e. The van der Waals surface area contributed by atoms with Gasteiger partial charge in [-0.3, -0.25) is 4.79 Å². The van der Waals surface area contributed by atoms with Crippen molar-refractivity contribution in [2.45, 2.75) is 13.8 Å². The van der Waals surface area contributed by atoms with E-state index < -0.39 is 5.97 Å². The first-order chi connectivity index (χ1) is 10.7. The van der Waals surface area contributed by atoms with E-state index in [-0.39, 0.29) is 5.91 Å². The molecule has 1 aromatic heterocycles. The van der Waals surface area contributed by atoms with Gasteiger partial charge in [0.2, 0.25) is 0 Å². The first-order valence-electron chi connectivity index (χ1n) is 6.94. The standard InChI is InChI=1S/C16H17NO4S/c1-3-20-12-7-5-11(6-8-12)14(18)17-15-13(9-10-22-15)16(19)21-4-2/h5-10H,3-4H2,1-2H3,(H,17,18). The van der Waals surface area contributed by atoms with Crippen molar-refractivity contribution in [1.82, 2.24) is 0 Å². The molecule has 0 radical (unpaired) electrons. The summed E-state index contributed by atoms with van der Waals surface area (Å²) in [6.07, 6.45) is 0. The number of amides is 1. The van der Waals surface area contributed by atoms with Crippen LogP contribution in [0.2, 0.25) is 0 Å². The highest BCUT2D eigenvalue weighted by Gasteiger charge is 2.16. The minimum Gasteiger partial charge on any atom is -0.494 e. The van der Waals surface area contributed by atoms with Gasteiger partial charge in [-0.25, -0.2) is 4.79 Å². The van der Waals surface area contributed by atoms with Crippen LogP contribution in [-0.2, 0) is 4.74 Å². The average molecular weight is 319 g/mol. The molecule has 0 saturated heterocycles. The lowest BCUT2D eigenvalue weighted by molar-refractivity contribution is 0.0528. The number of hydrogen-bond donors (Lipinski definition) is 1. The maximum atomic E-state index is 12.2. The molecule has 1 heterocycles. The lowest BCUT2D eigenvalue weighted by Gasteiger charge is -2.07. The molecule has 0 unspecified atom stereocenters. The van der Waals surface area contributed by atoms with E-state index in [4.69, 9.17) is 9.47 Å². The fourth-order valence-electron chi connectivity index (χ4n) is 1.82. The number of rotatable bonds is 6. The number of benzene rings is 1. The maximum absolute atomic E-state index is 12.2. The number of ether oxygens (including phenoxy) is 2. The van der Waals surface area contributed by atoms with Crippen LogP contribution in [0.25, 0.3) is 0 Å². The lowest BCUT2D eigenvalue weighted by Crippen LogP contribution is -2.14. The predicted octanol–water partition coefficient (Wildman–Crippen LogP) is 3.58. The monoisotopic (exact) mass is 319 g/mol. The van der Waals surface area contributed by atoms with E-state index in [0.29, 0.717) is 35.1 Å². The molecule has 0 saturated carbocycles. The highest BCUT2D eigenvalue weighted by Crippen LogP contribution is 2.25. The Morgan fingerprint density at radius 2 is 1.82 bits per heavy atom. The van der Waals surface area contributed by atoms with Gasteiger partial charge in [-0.05, 0) is 49.6 Å². The summed E-state index contributed by atoms with van der Waals surface area (Å²) in [7, 11) is 0. The van der Waals surface area contributed by atoms with Crippen LogP contribution in [0, 0.1) is 0 Å². The van der Waals surface area contributed by atoms with E-state index in [1.54, 1.807) is 42.6 Å². The molecule has 5 nitrogen and oxygen atoms in total. The number of thiophene rings is 1. The van der Waals surface area contributed by atoms with Gasteiger partial charge in [0.25, 0.3) is 5.91 Å². The molecule has 0 aliphatic rings. The van der Waals surface area contributed by atoms with Crippen molar-refractivity contribution in [1.29, 1.82) is 0 Å². The Bertz CT molecular complexity index is 648. The third-order valence-electron chi connectivity index (χ3n) is 2.82. The van der Waals surface area contributed by atoms with Crippen LogP contribution < -0.4 is 10.1 Å². The first-order valence-corrected chi connectivity index (χ1v) is 7.82. The van der Waals surface area contributed by atoms with Crippen LogP contribution in [0.1, 0.15) is 34.6 Å². The SMILES string of the molecule is CCOC(=O)c1ccsc1NC(=O)c1ccc(OCC)cc1. The van der Waals surface area contributed by atoms with Crippen LogP contribution in [-0.4, -0.2) is 25.1 Å². The number of carbonyl (C=O) groups excluding carboxylic acids is 2. The summed E-state index contributed by atoms with van der Waals surface area (Å²) >= 11 is 1.28. The van der Waals surface area contributed by atoms with Gasteiger partial charge in [0.15, 0.2) is 0 Å². The second-order valence-electron chi connectivity index (χ2n) is 4.30. The Morgan fingerprint density at radius 3 is 2.45 bits per heavy atom. The molecule has 1 N–H and O–H groups in total. The van der Waals surface area contributed by atoms with Crippen LogP contribution in [0.3, 0.4) is 0 Å². The van der Waals surface area contributed by atoms with Crippen molar-refractivity contribution in [3.8, 4) is 5.75 Å². The lowest BCUT2D eigenvalue weighted by atomic mass is 10.2. The van der Waals surface area contributed by atoms with Crippen molar-refractivity contribution in [3.05, 3.63) is 46.8 Å². The van der Waals surface area contributed by atoms with E-state index in [2.05, 4.69) is 5.32 Å². The van der Waals surface area contributed by atoms with Crippen molar-refractivity contribution in [3.63, 3.8) is 0 Å².